The van der Waals surface area contributed by atoms with Crippen LogP contribution in [0.5, 0.6) is 0 Å². The van der Waals surface area contributed by atoms with Crippen LogP contribution in [0.2, 0.25) is 0 Å². The van der Waals surface area contributed by atoms with E-state index >= 15 is 0 Å². The van der Waals surface area contributed by atoms with Gasteiger partial charge >= 0.3 is 0 Å². The Balaban J connectivity index is 1.63. The van der Waals surface area contributed by atoms with Gasteiger partial charge in [-0.2, -0.15) is 0 Å². The van der Waals surface area contributed by atoms with Gasteiger partial charge in [0, 0.05) is 5.92 Å². The van der Waals surface area contributed by atoms with Gasteiger partial charge < -0.3 is 9.53 Å². The first-order valence-electron chi connectivity index (χ1n) is 7.52. The van der Waals surface area contributed by atoms with Crippen LogP contribution >= 0.6 is 0 Å². The van der Waals surface area contributed by atoms with Gasteiger partial charge in [-0.3, -0.25) is 0 Å². The van der Waals surface area contributed by atoms with Gasteiger partial charge in [0.1, 0.15) is 6.29 Å². The summed E-state index contributed by atoms with van der Waals surface area (Å²) in [5.41, 5.74) is 2.43. The van der Waals surface area contributed by atoms with Crippen molar-refractivity contribution in [2.24, 2.45) is 5.92 Å². The number of hydrogen-bond donors (Lipinski definition) is 0. The van der Waals surface area contributed by atoms with E-state index in [1.165, 1.54) is 11.1 Å². The summed E-state index contributed by atoms with van der Waals surface area (Å²) in [5.74, 6) is 0.373. The van der Waals surface area contributed by atoms with Crippen LogP contribution in [0, 0.1) is 5.92 Å². The van der Waals surface area contributed by atoms with Crippen molar-refractivity contribution in [1.82, 2.24) is 0 Å². The standard InChI is InChI=1S/C19H20O2/c20-13-17-11-18(21-14-15-7-3-1-4-8-15)12-19(17)16-9-5-2-6-10-16/h1-10,13,17-19H,11-12,14H2. The van der Waals surface area contributed by atoms with E-state index in [2.05, 4.69) is 24.3 Å². The molecular formula is C19H20O2. The molecule has 21 heavy (non-hydrogen) atoms. The van der Waals surface area contributed by atoms with Crippen LogP contribution in [-0.2, 0) is 16.1 Å². The highest BCUT2D eigenvalue weighted by molar-refractivity contribution is 5.57. The SMILES string of the molecule is O=CC1CC(OCc2ccccc2)CC1c1ccccc1. The van der Waals surface area contributed by atoms with Crippen LogP contribution in [0.1, 0.15) is 29.9 Å². The monoisotopic (exact) mass is 280 g/mol. The molecule has 0 bridgehead atoms. The fourth-order valence-electron chi connectivity index (χ4n) is 3.18. The van der Waals surface area contributed by atoms with Crippen LogP contribution < -0.4 is 0 Å². The van der Waals surface area contributed by atoms with Crippen molar-refractivity contribution in [3.05, 3.63) is 71.8 Å². The molecule has 2 aromatic rings. The molecule has 0 N–H and O–H groups in total. The normalized spacial score (nSPS) is 24.9. The summed E-state index contributed by atoms with van der Waals surface area (Å²) in [6.07, 6.45) is 3.03. The summed E-state index contributed by atoms with van der Waals surface area (Å²) in [7, 11) is 0. The zero-order valence-electron chi connectivity index (χ0n) is 12.0. The smallest absolute Gasteiger partial charge is 0.123 e. The molecule has 0 aromatic heterocycles. The number of hydrogen-bond acceptors (Lipinski definition) is 2. The maximum absolute atomic E-state index is 11.4. The van der Waals surface area contributed by atoms with Crippen molar-refractivity contribution in [2.75, 3.05) is 0 Å². The van der Waals surface area contributed by atoms with Crippen LogP contribution in [0.4, 0.5) is 0 Å². The average Bonchev–Trinajstić information content (AvgIpc) is 2.98. The average molecular weight is 280 g/mol. The van der Waals surface area contributed by atoms with Gasteiger partial charge in [0.25, 0.3) is 0 Å². The van der Waals surface area contributed by atoms with E-state index < -0.39 is 0 Å². The summed E-state index contributed by atoms with van der Waals surface area (Å²) >= 11 is 0. The van der Waals surface area contributed by atoms with Crippen LogP contribution in [-0.4, -0.2) is 12.4 Å². The summed E-state index contributed by atoms with van der Waals surface area (Å²) in [4.78, 5) is 11.4. The molecule has 2 aromatic carbocycles. The predicted molar refractivity (Wildman–Crippen MR) is 83.0 cm³/mol. The van der Waals surface area contributed by atoms with Gasteiger partial charge in [-0.15, -0.1) is 0 Å². The summed E-state index contributed by atoms with van der Waals surface area (Å²) < 4.78 is 6.01. The third-order valence-electron chi connectivity index (χ3n) is 4.30. The Morgan fingerprint density at radius 3 is 2.29 bits per heavy atom. The van der Waals surface area contributed by atoms with E-state index in [0.29, 0.717) is 12.5 Å². The molecular weight excluding hydrogens is 260 g/mol. The van der Waals surface area contributed by atoms with E-state index in [0.717, 1.165) is 19.1 Å². The Kier molecular flexibility index (Phi) is 4.46. The van der Waals surface area contributed by atoms with Gasteiger partial charge in [0.2, 0.25) is 0 Å². The zero-order chi connectivity index (χ0) is 14.5. The van der Waals surface area contributed by atoms with Crippen LogP contribution in [0.3, 0.4) is 0 Å². The van der Waals surface area contributed by atoms with Gasteiger partial charge in [-0.05, 0) is 29.9 Å². The molecule has 1 saturated carbocycles. The minimum absolute atomic E-state index is 0.0770. The molecule has 0 saturated heterocycles. The Morgan fingerprint density at radius 1 is 0.952 bits per heavy atom. The van der Waals surface area contributed by atoms with E-state index in [-0.39, 0.29) is 12.0 Å². The lowest BCUT2D eigenvalue weighted by atomic mass is 9.90. The molecule has 108 valence electrons. The van der Waals surface area contributed by atoms with Crippen molar-refractivity contribution < 1.29 is 9.53 Å². The predicted octanol–water partition coefficient (Wildman–Crippen LogP) is 3.96. The van der Waals surface area contributed by atoms with Crippen molar-refractivity contribution in [3.63, 3.8) is 0 Å². The van der Waals surface area contributed by atoms with Crippen molar-refractivity contribution in [3.8, 4) is 0 Å². The van der Waals surface area contributed by atoms with Gasteiger partial charge in [-0.25, -0.2) is 0 Å². The molecule has 2 nitrogen and oxygen atoms in total. The molecule has 0 radical (unpaired) electrons. The van der Waals surface area contributed by atoms with Crippen LogP contribution in [0.15, 0.2) is 60.7 Å². The zero-order valence-corrected chi connectivity index (χ0v) is 12.0. The Hall–Kier alpha value is -1.93. The number of benzene rings is 2. The second-order valence-corrected chi connectivity index (χ2v) is 5.71. The summed E-state index contributed by atoms with van der Waals surface area (Å²) in [5, 5.41) is 0. The van der Waals surface area contributed by atoms with Crippen molar-refractivity contribution >= 4 is 6.29 Å². The van der Waals surface area contributed by atoms with E-state index in [4.69, 9.17) is 4.74 Å². The molecule has 3 rings (SSSR count). The minimum Gasteiger partial charge on any atom is -0.373 e. The van der Waals surface area contributed by atoms with Crippen molar-refractivity contribution in [2.45, 2.75) is 31.5 Å². The molecule has 1 aliphatic rings. The first-order valence-corrected chi connectivity index (χ1v) is 7.52. The van der Waals surface area contributed by atoms with E-state index in [1.54, 1.807) is 0 Å². The maximum atomic E-state index is 11.4. The van der Waals surface area contributed by atoms with E-state index in [9.17, 15) is 4.79 Å². The lowest BCUT2D eigenvalue weighted by Gasteiger charge is -2.14. The molecule has 2 heteroatoms. The molecule has 1 fully saturated rings. The minimum atomic E-state index is 0.0770. The third kappa shape index (κ3) is 3.40. The van der Waals surface area contributed by atoms with Crippen molar-refractivity contribution in [1.29, 1.82) is 0 Å². The number of aldehydes is 1. The first kappa shape index (κ1) is 14.0. The highest BCUT2D eigenvalue weighted by Crippen LogP contribution is 2.40. The summed E-state index contributed by atoms with van der Waals surface area (Å²) in [6, 6.07) is 20.5. The van der Waals surface area contributed by atoms with Crippen LogP contribution in [0.25, 0.3) is 0 Å². The quantitative estimate of drug-likeness (QED) is 0.775. The number of ether oxygens (including phenoxy) is 1. The molecule has 0 heterocycles. The molecule has 3 unspecified atom stereocenters. The largest absolute Gasteiger partial charge is 0.373 e. The lowest BCUT2D eigenvalue weighted by molar-refractivity contribution is -0.111. The maximum Gasteiger partial charge on any atom is 0.123 e. The Morgan fingerprint density at radius 2 is 1.62 bits per heavy atom. The highest BCUT2D eigenvalue weighted by atomic mass is 16.5. The fraction of sp³-hybridized carbons (Fsp3) is 0.316. The number of carbonyl (C=O) groups is 1. The lowest BCUT2D eigenvalue weighted by Crippen LogP contribution is -2.08. The summed E-state index contributed by atoms with van der Waals surface area (Å²) in [6.45, 7) is 0.624. The first-order chi connectivity index (χ1) is 10.4. The topological polar surface area (TPSA) is 26.3 Å². The molecule has 0 spiro atoms. The highest BCUT2D eigenvalue weighted by Gasteiger charge is 2.35. The number of rotatable bonds is 5. The number of carbonyl (C=O) groups excluding carboxylic acids is 1. The Labute approximate surface area is 125 Å². The molecule has 0 amide bonds. The molecule has 3 atom stereocenters. The third-order valence-corrected chi connectivity index (χ3v) is 4.30. The molecule has 0 aliphatic heterocycles. The van der Waals surface area contributed by atoms with E-state index in [1.807, 2.05) is 36.4 Å². The Bertz CT molecular complexity index is 565. The second kappa shape index (κ2) is 6.68. The van der Waals surface area contributed by atoms with Gasteiger partial charge in [-0.1, -0.05) is 60.7 Å². The molecule has 1 aliphatic carbocycles. The fourth-order valence-corrected chi connectivity index (χ4v) is 3.18. The van der Waals surface area contributed by atoms with Gasteiger partial charge in [0.15, 0.2) is 0 Å². The second-order valence-electron chi connectivity index (χ2n) is 5.71. The van der Waals surface area contributed by atoms with Gasteiger partial charge in [0.05, 0.1) is 12.7 Å².